The number of hydrogen-bond acceptors (Lipinski definition) is 1. The lowest BCUT2D eigenvalue weighted by Gasteiger charge is -2.07. The smallest absolute Gasteiger partial charge is 0.289 e. The van der Waals surface area contributed by atoms with Crippen LogP contribution in [0.15, 0.2) is 35.9 Å². The number of Topliss-reactive ketones (excluding diaryl/α,β-unsaturated/α-hetero) is 1. The summed E-state index contributed by atoms with van der Waals surface area (Å²) in [6, 6.07) is 4.38. The SMILES string of the molecule is O=C(C1=CCCC1)c1ccc(C(F)(F)F)cc1. The highest BCUT2D eigenvalue weighted by molar-refractivity contribution is 6.08. The largest absolute Gasteiger partial charge is 0.416 e. The van der Waals surface area contributed by atoms with Gasteiger partial charge in [0.1, 0.15) is 0 Å². The molecule has 4 heteroatoms. The van der Waals surface area contributed by atoms with E-state index in [0.29, 0.717) is 11.1 Å². The third kappa shape index (κ3) is 2.57. The maximum atomic E-state index is 12.3. The summed E-state index contributed by atoms with van der Waals surface area (Å²) in [7, 11) is 0. The van der Waals surface area contributed by atoms with Gasteiger partial charge in [-0.25, -0.2) is 0 Å². The first-order valence-corrected chi connectivity index (χ1v) is 5.39. The molecule has 1 aliphatic carbocycles. The van der Waals surface area contributed by atoms with Gasteiger partial charge >= 0.3 is 6.18 Å². The number of carbonyl (C=O) groups excluding carboxylic acids is 1. The highest BCUT2D eigenvalue weighted by Gasteiger charge is 2.30. The van der Waals surface area contributed by atoms with Crippen LogP contribution < -0.4 is 0 Å². The summed E-state index contributed by atoms with van der Waals surface area (Å²) in [5.41, 5.74) is 0.311. The molecule has 0 heterocycles. The number of rotatable bonds is 2. The summed E-state index contributed by atoms with van der Waals surface area (Å²) < 4.78 is 37.0. The molecule has 0 atom stereocenters. The molecule has 0 saturated carbocycles. The molecule has 17 heavy (non-hydrogen) atoms. The van der Waals surface area contributed by atoms with Crippen molar-refractivity contribution in [2.75, 3.05) is 0 Å². The van der Waals surface area contributed by atoms with Gasteiger partial charge in [0.05, 0.1) is 5.56 Å². The van der Waals surface area contributed by atoms with Gasteiger partial charge in [-0.1, -0.05) is 18.2 Å². The zero-order valence-corrected chi connectivity index (χ0v) is 9.05. The molecule has 0 aromatic heterocycles. The van der Waals surface area contributed by atoms with Crippen LogP contribution in [0.2, 0.25) is 0 Å². The highest BCUT2D eigenvalue weighted by Crippen LogP contribution is 2.30. The molecule has 90 valence electrons. The van der Waals surface area contributed by atoms with Crippen molar-refractivity contribution >= 4 is 5.78 Å². The minimum absolute atomic E-state index is 0.156. The quantitative estimate of drug-likeness (QED) is 0.714. The van der Waals surface area contributed by atoms with Gasteiger partial charge in [0, 0.05) is 5.56 Å². The summed E-state index contributed by atoms with van der Waals surface area (Å²) in [6.07, 6.45) is 0.0531. The maximum absolute atomic E-state index is 12.3. The van der Waals surface area contributed by atoms with Gasteiger partial charge in [-0.3, -0.25) is 4.79 Å². The van der Waals surface area contributed by atoms with E-state index >= 15 is 0 Å². The van der Waals surface area contributed by atoms with Crippen molar-refractivity contribution < 1.29 is 18.0 Å². The van der Waals surface area contributed by atoms with Crippen LogP contribution >= 0.6 is 0 Å². The van der Waals surface area contributed by atoms with Gasteiger partial charge < -0.3 is 0 Å². The number of alkyl halides is 3. The molecule has 1 nitrogen and oxygen atoms in total. The first kappa shape index (κ1) is 11.9. The second kappa shape index (κ2) is 4.35. The van der Waals surface area contributed by atoms with E-state index in [1.807, 2.05) is 6.08 Å². The molecular formula is C13H11F3O. The van der Waals surface area contributed by atoms with Crippen molar-refractivity contribution in [1.82, 2.24) is 0 Å². The molecule has 1 aliphatic rings. The Balaban J connectivity index is 2.21. The van der Waals surface area contributed by atoms with Crippen LogP contribution in [0.3, 0.4) is 0 Å². The van der Waals surface area contributed by atoms with E-state index in [4.69, 9.17) is 0 Å². The van der Waals surface area contributed by atoms with Crippen LogP contribution in [0.4, 0.5) is 13.2 Å². The maximum Gasteiger partial charge on any atom is 0.416 e. The van der Waals surface area contributed by atoms with Crippen LogP contribution in [0.25, 0.3) is 0 Å². The number of hydrogen-bond donors (Lipinski definition) is 0. The lowest BCUT2D eigenvalue weighted by atomic mass is 10.0. The minimum atomic E-state index is -4.35. The first-order chi connectivity index (χ1) is 7.98. The van der Waals surface area contributed by atoms with Crippen LogP contribution in [-0.2, 0) is 6.18 Å². The number of ketones is 1. The number of carbonyl (C=O) groups is 1. The van der Waals surface area contributed by atoms with E-state index in [0.717, 1.165) is 31.4 Å². The van der Waals surface area contributed by atoms with E-state index in [-0.39, 0.29) is 5.78 Å². The van der Waals surface area contributed by atoms with Crippen molar-refractivity contribution in [2.45, 2.75) is 25.4 Å². The summed E-state index contributed by atoms with van der Waals surface area (Å²) in [5.74, 6) is -0.156. The van der Waals surface area contributed by atoms with Crippen molar-refractivity contribution in [3.63, 3.8) is 0 Å². The molecular weight excluding hydrogens is 229 g/mol. The Morgan fingerprint density at radius 2 is 1.76 bits per heavy atom. The number of halogens is 3. The standard InChI is InChI=1S/C13H11F3O/c14-13(15,16)11-7-5-10(6-8-11)12(17)9-3-1-2-4-9/h3,5-8H,1-2,4H2. The molecule has 0 aliphatic heterocycles. The Bertz CT molecular complexity index is 455. The Morgan fingerprint density at radius 1 is 1.12 bits per heavy atom. The lowest BCUT2D eigenvalue weighted by Crippen LogP contribution is -2.06. The molecule has 1 aromatic carbocycles. The third-order valence-corrected chi connectivity index (χ3v) is 2.81. The molecule has 0 N–H and O–H groups in total. The molecule has 1 aromatic rings. The average Bonchev–Trinajstić information content (AvgIpc) is 2.80. The monoisotopic (exact) mass is 240 g/mol. The second-order valence-corrected chi connectivity index (χ2v) is 4.03. The van der Waals surface area contributed by atoms with E-state index < -0.39 is 11.7 Å². The lowest BCUT2D eigenvalue weighted by molar-refractivity contribution is -0.137. The first-order valence-electron chi connectivity index (χ1n) is 5.39. The van der Waals surface area contributed by atoms with Gasteiger partial charge in [-0.05, 0) is 37.0 Å². The van der Waals surface area contributed by atoms with Crippen molar-refractivity contribution in [3.05, 3.63) is 47.0 Å². The van der Waals surface area contributed by atoms with Crippen molar-refractivity contribution in [2.24, 2.45) is 0 Å². The van der Waals surface area contributed by atoms with Crippen molar-refractivity contribution in [1.29, 1.82) is 0 Å². The number of benzene rings is 1. The molecule has 0 bridgehead atoms. The normalized spacial score (nSPS) is 15.8. The summed E-state index contributed by atoms with van der Waals surface area (Å²) in [5, 5.41) is 0. The summed E-state index contributed by atoms with van der Waals surface area (Å²) in [4.78, 5) is 11.9. The third-order valence-electron chi connectivity index (χ3n) is 2.81. The predicted octanol–water partition coefficient (Wildman–Crippen LogP) is 4.00. The predicted molar refractivity (Wildman–Crippen MR) is 57.7 cm³/mol. The Hall–Kier alpha value is -1.58. The molecule has 0 saturated heterocycles. The Labute approximate surface area is 96.9 Å². The van der Waals surface area contributed by atoms with Gasteiger partial charge in [-0.2, -0.15) is 13.2 Å². The van der Waals surface area contributed by atoms with Gasteiger partial charge in [0.15, 0.2) is 5.78 Å². The molecule has 0 amide bonds. The molecule has 0 fully saturated rings. The molecule has 0 unspecified atom stereocenters. The van der Waals surface area contributed by atoms with Gasteiger partial charge in [-0.15, -0.1) is 0 Å². The van der Waals surface area contributed by atoms with Crippen molar-refractivity contribution in [3.8, 4) is 0 Å². The number of allylic oxidation sites excluding steroid dienone is 2. The fourth-order valence-electron chi connectivity index (χ4n) is 1.87. The van der Waals surface area contributed by atoms with Gasteiger partial charge in [0.25, 0.3) is 0 Å². The summed E-state index contributed by atoms with van der Waals surface area (Å²) >= 11 is 0. The Morgan fingerprint density at radius 3 is 2.24 bits per heavy atom. The van der Waals surface area contributed by atoms with E-state index in [1.165, 1.54) is 12.1 Å². The topological polar surface area (TPSA) is 17.1 Å². The van der Waals surface area contributed by atoms with Crippen LogP contribution in [0.1, 0.15) is 35.2 Å². The van der Waals surface area contributed by atoms with E-state index in [1.54, 1.807) is 0 Å². The fourth-order valence-corrected chi connectivity index (χ4v) is 1.87. The zero-order chi connectivity index (χ0) is 12.5. The molecule has 0 radical (unpaired) electrons. The van der Waals surface area contributed by atoms with Crippen LogP contribution in [-0.4, -0.2) is 5.78 Å². The zero-order valence-electron chi connectivity index (χ0n) is 9.05. The molecule has 2 rings (SSSR count). The second-order valence-electron chi connectivity index (χ2n) is 4.03. The average molecular weight is 240 g/mol. The highest BCUT2D eigenvalue weighted by atomic mass is 19.4. The molecule has 0 spiro atoms. The Kier molecular flexibility index (Phi) is 3.05. The minimum Gasteiger partial charge on any atom is -0.289 e. The summed E-state index contributed by atoms with van der Waals surface area (Å²) in [6.45, 7) is 0. The van der Waals surface area contributed by atoms with E-state index in [9.17, 15) is 18.0 Å². The fraction of sp³-hybridized carbons (Fsp3) is 0.308. The van der Waals surface area contributed by atoms with E-state index in [2.05, 4.69) is 0 Å². The van der Waals surface area contributed by atoms with Crippen LogP contribution in [0.5, 0.6) is 0 Å². The van der Waals surface area contributed by atoms with Crippen LogP contribution in [0, 0.1) is 0 Å². The van der Waals surface area contributed by atoms with Gasteiger partial charge in [0.2, 0.25) is 0 Å².